The third kappa shape index (κ3) is 4.58. The minimum absolute atomic E-state index is 0.0294. The highest BCUT2D eigenvalue weighted by molar-refractivity contribution is 7.91. The standard InChI is InChI=1S/C28H29FN6O5S/c1-40-23-8-4-15(11-21(23)29)22-7-3-16(12-31-22)20-13-32-35-27(30)26(41(2,38)39)25(33-28(20)35)17-9-18-5-6-19(10-17)34(18)24(37)14-36/h3-4,7-8,11-13,17-19,36H,5-6,9-10,14,30H2,1-2H3/t17?,18-,19?/m0/s1. The first-order chi connectivity index (χ1) is 19.6. The number of hydrogen-bond acceptors (Lipinski definition) is 9. The number of fused-ring (bicyclic) bond motifs is 3. The number of sulfone groups is 1. The predicted molar refractivity (Wildman–Crippen MR) is 148 cm³/mol. The topological polar surface area (TPSA) is 153 Å². The van der Waals surface area contributed by atoms with Gasteiger partial charge in [-0.3, -0.25) is 9.78 Å². The number of aromatic nitrogens is 4. The van der Waals surface area contributed by atoms with Crippen molar-refractivity contribution in [1.29, 1.82) is 0 Å². The Balaban J connectivity index is 1.41. The van der Waals surface area contributed by atoms with Crippen LogP contribution in [-0.2, 0) is 14.6 Å². The molecule has 0 radical (unpaired) electrons. The van der Waals surface area contributed by atoms with Gasteiger partial charge in [0.15, 0.2) is 27.1 Å². The summed E-state index contributed by atoms with van der Waals surface area (Å²) in [4.78, 5) is 23.4. The fourth-order valence-corrected chi connectivity index (χ4v) is 7.38. The lowest BCUT2D eigenvalue weighted by atomic mass is 9.87. The number of carbonyl (C=O) groups excluding carboxylic acids is 1. The average molecular weight is 581 g/mol. The molecule has 41 heavy (non-hydrogen) atoms. The van der Waals surface area contributed by atoms with Crippen LogP contribution in [-0.4, -0.2) is 76.0 Å². The smallest absolute Gasteiger partial charge is 0.248 e. The minimum atomic E-state index is -3.78. The molecule has 0 aliphatic carbocycles. The normalized spacial score (nSPS) is 20.5. The number of piperidine rings is 1. The number of methoxy groups -OCH3 is 1. The van der Waals surface area contributed by atoms with Crippen molar-refractivity contribution < 1.29 is 27.4 Å². The molecular weight excluding hydrogens is 551 g/mol. The average Bonchev–Trinajstić information content (AvgIpc) is 3.50. The third-order valence-corrected chi connectivity index (χ3v) is 9.26. The largest absolute Gasteiger partial charge is 0.494 e. The molecule has 2 bridgehead atoms. The molecule has 3 atom stereocenters. The van der Waals surface area contributed by atoms with E-state index in [-0.39, 0.29) is 40.4 Å². The van der Waals surface area contributed by atoms with E-state index in [9.17, 15) is 22.7 Å². The van der Waals surface area contributed by atoms with E-state index >= 15 is 0 Å². The van der Waals surface area contributed by atoms with E-state index in [2.05, 4.69) is 10.1 Å². The molecule has 214 valence electrons. The number of carbonyl (C=O) groups is 1. The maximum absolute atomic E-state index is 14.2. The Morgan fingerprint density at radius 1 is 1.15 bits per heavy atom. The van der Waals surface area contributed by atoms with Gasteiger partial charge in [0.1, 0.15) is 17.3 Å². The van der Waals surface area contributed by atoms with E-state index in [0.717, 1.165) is 19.1 Å². The van der Waals surface area contributed by atoms with Crippen LogP contribution in [0.5, 0.6) is 5.75 Å². The molecule has 2 fully saturated rings. The first kappa shape index (κ1) is 27.1. The molecule has 5 heterocycles. The lowest BCUT2D eigenvalue weighted by Gasteiger charge is -2.39. The molecule has 3 N–H and O–H groups in total. The number of nitrogens with zero attached hydrogens (tertiary/aromatic N) is 5. The molecule has 2 aliphatic heterocycles. The second-order valence-electron chi connectivity index (χ2n) is 10.6. The predicted octanol–water partition coefficient (Wildman–Crippen LogP) is 2.82. The highest BCUT2D eigenvalue weighted by atomic mass is 32.2. The monoisotopic (exact) mass is 580 g/mol. The summed E-state index contributed by atoms with van der Waals surface area (Å²) in [5, 5.41) is 13.8. The number of amides is 1. The Morgan fingerprint density at radius 3 is 2.44 bits per heavy atom. The zero-order valence-corrected chi connectivity index (χ0v) is 23.3. The molecule has 1 aromatic carbocycles. The number of benzene rings is 1. The third-order valence-electron chi connectivity index (χ3n) is 8.10. The molecule has 4 aromatic rings. The first-order valence-corrected chi connectivity index (χ1v) is 15.1. The van der Waals surface area contributed by atoms with Gasteiger partial charge in [0.05, 0.1) is 24.7 Å². The van der Waals surface area contributed by atoms with Gasteiger partial charge in [-0.05, 0) is 49.9 Å². The van der Waals surface area contributed by atoms with E-state index < -0.39 is 22.3 Å². The van der Waals surface area contributed by atoms with Gasteiger partial charge in [0, 0.05) is 47.1 Å². The van der Waals surface area contributed by atoms with Gasteiger partial charge < -0.3 is 20.5 Å². The van der Waals surface area contributed by atoms with Crippen LogP contribution in [0.4, 0.5) is 10.2 Å². The van der Waals surface area contributed by atoms with Crippen LogP contribution in [0.3, 0.4) is 0 Å². The summed E-state index contributed by atoms with van der Waals surface area (Å²) in [6.07, 6.45) is 6.89. The quantitative estimate of drug-likeness (QED) is 0.351. The van der Waals surface area contributed by atoms with Crippen LogP contribution in [0.25, 0.3) is 28.0 Å². The van der Waals surface area contributed by atoms with Crippen molar-refractivity contribution in [3.8, 4) is 28.1 Å². The van der Waals surface area contributed by atoms with Gasteiger partial charge in [0.25, 0.3) is 0 Å². The van der Waals surface area contributed by atoms with Crippen LogP contribution in [0.2, 0.25) is 0 Å². The van der Waals surface area contributed by atoms with Crippen molar-refractivity contribution >= 4 is 27.2 Å². The highest BCUT2D eigenvalue weighted by Gasteiger charge is 2.45. The number of halogens is 1. The van der Waals surface area contributed by atoms with Crippen LogP contribution in [0.1, 0.15) is 37.3 Å². The number of anilines is 1. The molecule has 2 aliphatic rings. The Hall–Kier alpha value is -4.10. The van der Waals surface area contributed by atoms with Crippen molar-refractivity contribution in [2.45, 2.75) is 48.6 Å². The van der Waals surface area contributed by atoms with Crippen molar-refractivity contribution in [3.05, 3.63) is 54.2 Å². The van der Waals surface area contributed by atoms with Crippen molar-refractivity contribution in [2.24, 2.45) is 0 Å². The van der Waals surface area contributed by atoms with E-state index in [1.54, 1.807) is 29.4 Å². The lowest BCUT2D eigenvalue weighted by Crippen LogP contribution is -2.47. The van der Waals surface area contributed by atoms with Crippen molar-refractivity contribution in [1.82, 2.24) is 24.5 Å². The second kappa shape index (κ2) is 10.1. The van der Waals surface area contributed by atoms with E-state index in [0.29, 0.717) is 46.6 Å². The number of aliphatic hydroxyl groups excluding tert-OH is 1. The fraction of sp³-hybridized carbons (Fsp3) is 0.357. The van der Waals surface area contributed by atoms with Gasteiger partial charge in [-0.15, -0.1) is 0 Å². The number of rotatable bonds is 6. The van der Waals surface area contributed by atoms with E-state index in [1.807, 2.05) is 6.07 Å². The summed E-state index contributed by atoms with van der Waals surface area (Å²) in [6.45, 7) is -0.553. The molecule has 2 saturated heterocycles. The molecule has 11 nitrogen and oxygen atoms in total. The molecule has 1 amide bonds. The Morgan fingerprint density at radius 2 is 1.85 bits per heavy atom. The van der Waals surface area contributed by atoms with Gasteiger partial charge in [-0.25, -0.2) is 17.8 Å². The zero-order valence-electron chi connectivity index (χ0n) is 22.5. The van der Waals surface area contributed by atoms with E-state index in [4.69, 9.17) is 15.5 Å². The molecule has 13 heteroatoms. The van der Waals surface area contributed by atoms with Crippen LogP contribution in [0.15, 0.2) is 47.6 Å². The summed E-state index contributed by atoms with van der Waals surface area (Å²) >= 11 is 0. The summed E-state index contributed by atoms with van der Waals surface area (Å²) in [5.74, 6) is -0.942. The summed E-state index contributed by atoms with van der Waals surface area (Å²) < 4.78 is 46.5. The zero-order chi connectivity index (χ0) is 29.1. The van der Waals surface area contributed by atoms with Gasteiger partial charge in [-0.2, -0.15) is 9.61 Å². The highest BCUT2D eigenvalue weighted by Crippen LogP contribution is 2.45. The molecule has 6 rings (SSSR count). The van der Waals surface area contributed by atoms with E-state index in [1.165, 1.54) is 23.8 Å². The molecule has 3 aromatic heterocycles. The van der Waals surface area contributed by atoms with Crippen molar-refractivity contribution in [2.75, 3.05) is 25.7 Å². The van der Waals surface area contributed by atoms with Crippen LogP contribution < -0.4 is 10.5 Å². The Labute approximate surface area is 235 Å². The fourth-order valence-electron chi connectivity index (χ4n) is 6.32. The maximum Gasteiger partial charge on any atom is 0.248 e. The van der Waals surface area contributed by atoms with Gasteiger partial charge in [0.2, 0.25) is 5.91 Å². The van der Waals surface area contributed by atoms with Crippen LogP contribution in [0, 0.1) is 5.82 Å². The summed E-state index contributed by atoms with van der Waals surface area (Å²) in [5.41, 5.74) is 9.61. The number of ether oxygens (including phenoxy) is 1. The van der Waals surface area contributed by atoms with Gasteiger partial charge in [-0.1, -0.05) is 6.07 Å². The SMILES string of the molecule is COc1ccc(-c2ccc(-c3cnn4c(N)c(S(C)(=O)=O)c(C5CC6CC[C@@H](C5)N6C(=O)CO)nc34)cn2)cc1F. The number of aliphatic hydroxyl groups is 1. The second-order valence-corrected chi connectivity index (χ2v) is 12.5. The number of pyridine rings is 1. The molecule has 0 saturated carbocycles. The summed E-state index contributed by atoms with van der Waals surface area (Å²) in [6, 6.07) is 7.96. The van der Waals surface area contributed by atoms with Gasteiger partial charge >= 0.3 is 0 Å². The number of hydrogen-bond donors (Lipinski definition) is 2. The Bertz CT molecular complexity index is 1760. The van der Waals surface area contributed by atoms with Crippen LogP contribution >= 0.6 is 0 Å². The first-order valence-electron chi connectivity index (χ1n) is 13.2. The minimum Gasteiger partial charge on any atom is -0.494 e. The molecule has 2 unspecified atom stereocenters. The number of nitrogen functional groups attached to an aromatic ring is 1. The number of nitrogens with two attached hydrogens (primary N) is 1. The Kier molecular flexibility index (Phi) is 6.65. The molecule has 0 spiro atoms. The van der Waals surface area contributed by atoms with Crippen molar-refractivity contribution in [3.63, 3.8) is 0 Å². The molecular formula is C28H29FN6O5S. The lowest BCUT2D eigenvalue weighted by molar-refractivity contribution is -0.138. The summed E-state index contributed by atoms with van der Waals surface area (Å²) in [7, 11) is -2.37. The maximum atomic E-state index is 14.2.